The van der Waals surface area contributed by atoms with Crippen LogP contribution in [0.15, 0.2) is 0 Å². The predicted octanol–water partition coefficient (Wildman–Crippen LogP) is 3.36. The van der Waals surface area contributed by atoms with Gasteiger partial charge in [0.25, 0.3) is 0 Å². The second-order valence-electron chi connectivity index (χ2n) is 5.70. The zero-order chi connectivity index (χ0) is 16.5. The third kappa shape index (κ3) is 3.98. The van der Waals surface area contributed by atoms with Crippen LogP contribution in [-0.2, 0) is 4.79 Å². The lowest BCUT2D eigenvalue weighted by molar-refractivity contribution is -0.188. The molecule has 0 bridgehead atoms. The molecule has 0 aliphatic carbocycles. The van der Waals surface area contributed by atoms with Gasteiger partial charge in [-0.2, -0.15) is 13.2 Å². The van der Waals surface area contributed by atoms with E-state index in [-0.39, 0.29) is 18.9 Å². The van der Waals surface area contributed by atoms with Gasteiger partial charge in [0.2, 0.25) is 5.91 Å². The Morgan fingerprint density at radius 1 is 1.45 bits per heavy atom. The van der Waals surface area contributed by atoms with Gasteiger partial charge in [-0.1, -0.05) is 0 Å². The molecule has 0 aromatic carbocycles. The van der Waals surface area contributed by atoms with E-state index in [0.717, 1.165) is 10.6 Å². The summed E-state index contributed by atoms with van der Waals surface area (Å²) in [6, 6.07) is -0.602. The summed E-state index contributed by atoms with van der Waals surface area (Å²) in [5.74, 6) is -1.66. The Morgan fingerprint density at radius 3 is 2.68 bits per heavy atom. The van der Waals surface area contributed by atoms with E-state index in [0.29, 0.717) is 18.1 Å². The van der Waals surface area contributed by atoms with Gasteiger partial charge in [-0.15, -0.1) is 11.3 Å². The Labute approximate surface area is 131 Å². The Balaban J connectivity index is 1.98. The van der Waals surface area contributed by atoms with E-state index in [1.807, 2.05) is 13.8 Å². The molecule has 2 atom stereocenters. The van der Waals surface area contributed by atoms with E-state index >= 15 is 0 Å². The minimum atomic E-state index is -4.20. The topological polar surface area (TPSA) is 45.2 Å². The normalized spacial score (nSPS) is 21.6. The number of nitrogens with one attached hydrogen (secondary N) is 1. The first-order valence-electron chi connectivity index (χ1n) is 7.24. The first-order chi connectivity index (χ1) is 10.2. The molecule has 1 N–H and O–H groups in total. The Morgan fingerprint density at radius 2 is 2.14 bits per heavy atom. The van der Waals surface area contributed by atoms with Gasteiger partial charge in [-0.3, -0.25) is 9.69 Å². The molecule has 0 spiro atoms. The van der Waals surface area contributed by atoms with Crippen LogP contribution in [-0.4, -0.2) is 41.1 Å². The zero-order valence-electron chi connectivity index (χ0n) is 12.8. The number of likely N-dealkylation sites (tertiary alicyclic amines) is 1. The first-order valence-corrected chi connectivity index (χ1v) is 8.05. The quantitative estimate of drug-likeness (QED) is 0.921. The van der Waals surface area contributed by atoms with E-state index in [4.69, 9.17) is 0 Å². The molecular weight excluding hydrogens is 315 g/mol. The fourth-order valence-corrected chi connectivity index (χ4v) is 3.34. The Kier molecular flexibility index (Phi) is 5.11. The van der Waals surface area contributed by atoms with Crippen LogP contribution in [0.1, 0.15) is 30.3 Å². The molecule has 0 saturated carbocycles. The number of hydrogen-bond donors (Lipinski definition) is 1. The van der Waals surface area contributed by atoms with Crippen LogP contribution in [0.25, 0.3) is 0 Å². The van der Waals surface area contributed by atoms with Crippen molar-refractivity contribution in [1.29, 1.82) is 0 Å². The van der Waals surface area contributed by atoms with E-state index in [1.165, 1.54) is 11.3 Å². The van der Waals surface area contributed by atoms with Crippen molar-refractivity contribution in [3.05, 3.63) is 10.6 Å². The van der Waals surface area contributed by atoms with Crippen LogP contribution >= 0.6 is 11.3 Å². The van der Waals surface area contributed by atoms with Crippen molar-refractivity contribution in [2.75, 3.05) is 18.4 Å². The maximum Gasteiger partial charge on any atom is 0.393 e. The number of amides is 1. The molecule has 2 unspecified atom stereocenters. The maximum absolute atomic E-state index is 12.8. The average molecular weight is 335 g/mol. The monoisotopic (exact) mass is 335 g/mol. The zero-order valence-corrected chi connectivity index (χ0v) is 13.6. The lowest BCUT2D eigenvalue weighted by Gasteiger charge is -2.36. The lowest BCUT2D eigenvalue weighted by atomic mass is 9.96. The molecule has 2 heterocycles. The lowest BCUT2D eigenvalue weighted by Crippen LogP contribution is -2.49. The second-order valence-corrected chi connectivity index (χ2v) is 6.90. The number of thiazole rings is 1. The summed E-state index contributed by atoms with van der Waals surface area (Å²) in [4.78, 5) is 19.1. The van der Waals surface area contributed by atoms with Gasteiger partial charge >= 0.3 is 6.18 Å². The molecule has 1 amide bonds. The summed E-state index contributed by atoms with van der Waals surface area (Å²) in [7, 11) is 0. The summed E-state index contributed by atoms with van der Waals surface area (Å²) in [6.45, 7) is 5.79. The summed E-state index contributed by atoms with van der Waals surface area (Å²) in [5, 5.41) is 3.20. The molecule has 1 saturated heterocycles. The number of rotatable bonds is 3. The SMILES string of the molecule is Cc1nc(NC(=O)C(C)N2CCCC(C(F)(F)F)C2)sc1C. The van der Waals surface area contributed by atoms with Gasteiger partial charge < -0.3 is 5.32 Å². The molecule has 1 aliphatic heterocycles. The highest BCUT2D eigenvalue weighted by molar-refractivity contribution is 7.15. The van der Waals surface area contributed by atoms with Crippen LogP contribution in [0.4, 0.5) is 18.3 Å². The minimum Gasteiger partial charge on any atom is -0.301 e. The highest BCUT2D eigenvalue weighted by atomic mass is 32.1. The fourth-order valence-electron chi connectivity index (χ4n) is 2.53. The highest BCUT2D eigenvalue weighted by Crippen LogP contribution is 2.33. The number of halogens is 3. The van der Waals surface area contributed by atoms with E-state index in [2.05, 4.69) is 10.3 Å². The molecule has 2 rings (SSSR count). The second kappa shape index (κ2) is 6.54. The number of piperidine rings is 1. The van der Waals surface area contributed by atoms with Crippen molar-refractivity contribution in [2.45, 2.75) is 45.8 Å². The summed E-state index contributed by atoms with van der Waals surface area (Å²) in [5.41, 5.74) is 0.850. The predicted molar refractivity (Wildman–Crippen MR) is 80.0 cm³/mol. The summed E-state index contributed by atoms with van der Waals surface area (Å²) in [6.07, 6.45) is -3.60. The molecule has 4 nitrogen and oxygen atoms in total. The summed E-state index contributed by atoms with van der Waals surface area (Å²) >= 11 is 1.37. The number of alkyl halides is 3. The molecule has 1 aromatic heterocycles. The minimum absolute atomic E-state index is 0.117. The van der Waals surface area contributed by atoms with Crippen LogP contribution < -0.4 is 5.32 Å². The van der Waals surface area contributed by atoms with Crippen molar-refractivity contribution in [3.63, 3.8) is 0 Å². The van der Waals surface area contributed by atoms with Crippen LogP contribution in [0.5, 0.6) is 0 Å². The molecule has 22 heavy (non-hydrogen) atoms. The van der Waals surface area contributed by atoms with Crippen molar-refractivity contribution in [1.82, 2.24) is 9.88 Å². The molecule has 1 aromatic rings. The van der Waals surface area contributed by atoms with E-state index in [9.17, 15) is 18.0 Å². The van der Waals surface area contributed by atoms with Gasteiger partial charge in [0.15, 0.2) is 5.13 Å². The largest absolute Gasteiger partial charge is 0.393 e. The number of carbonyl (C=O) groups excluding carboxylic acids is 1. The van der Waals surface area contributed by atoms with Crippen LogP contribution in [0.3, 0.4) is 0 Å². The number of nitrogens with zero attached hydrogens (tertiary/aromatic N) is 2. The number of aryl methyl sites for hydroxylation is 2. The van der Waals surface area contributed by atoms with Gasteiger partial charge in [0, 0.05) is 11.4 Å². The van der Waals surface area contributed by atoms with E-state index < -0.39 is 18.1 Å². The smallest absolute Gasteiger partial charge is 0.301 e. The van der Waals surface area contributed by atoms with Crippen molar-refractivity contribution < 1.29 is 18.0 Å². The molecule has 1 aliphatic rings. The van der Waals surface area contributed by atoms with Gasteiger partial charge in [0.1, 0.15) is 0 Å². The third-order valence-corrected chi connectivity index (χ3v) is 5.09. The number of carbonyl (C=O) groups is 1. The summed E-state index contributed by atoms with van der Waals surface area (Å²) < 4.78 is 38.5. The van der Waals surface area contributed by atoms with Crippen molar-refractivity contribution >= 4 is 22.4 Å². The molecule has 0 radical (unpaired) electrons. The molecule has 8 heteroatoms. The van der Waals surface area contributed by atoms with Crippen molar-refractivity contribution in [3.8, 4) is 0 Å². The molecule has 124 valence electrons. The van der Waals surface area contributed by atoms with Gasteiger partial charge in [-0.25, -0.2) is 4.98 Å². The standard InChI is InChI=1S/C14H20F3N3OS/c1-8-10(3)22-13(18-8)19-12(21)9(2)20-6-4-5-11(7-20)14(15,16)17/h9,11H,4-7H2,1-3H3,(H,18,19,21). The molecule has 1 fully saturated rings. The number of aromatic nitrogens is 1. The first kappa shape index (κ1) is 17.2. The van der Waals surface area contributed by atoms with Crippen LogP contribution in [0, 0.1) is 19.8 Å². The Bertz CT molecular complexity index is 524. The fraction of sp³-hybridized carbons (Fsp3) is 0.714. The van der Waals surface area contributed by atoms with E-state index in [1.54, 1.807) is 11.8 Å². The van der Waals surface area contributed by atoms with Crippen LogP contribution in [0.2, 0.25) is 0 Å². The van der Waals surface area contributed by atoms with Gasteiger partial charge in [0.05, 0.1) is 17.7 Å². The average Bonchev–Trinajstić information content (AvgIpc) is 2.75. The van der Waals surface area contributed by atoms with Gasteiger partial charge in [-0.05, 0) is 40.2 Å². The highest BCUT2D eigenvalue weighted by Gasteiger charge is 2.43. The number of anilines is 1. The third-order valence-electron chi connectivity index (χ3n) is 4.10. The number of hydrogen-bond acceptors (Lipinski definition) is 4. The Hall–Kier alpha value is -1.15. The molecular formula is C14H20F3N3OS. The van der Waals surface area contributed by atoms with Crippen molar-refractivity contribution in [2.24, 2.45) is 5.92 Å². The maximum atomic E-state index is 12.8.